The minimum atomic E-state index is -0.708. The van der Waals surface area contributed by atoms with Gasteiger partial charge < -0.3 is 30.3 Å². The van der Waals surface area contributed by atoms with Crippen molar-refractivity contribution in [1.29, 1.82) is 0 Å². The molecule has 10 nitrogen and oxygen atoms in total. The Hall–Kier alpha value is -4.70. The van der Waals surface area contributed by atoms with Gasteiger partial charge in [0.15, 0.2) is 0 Å². The highest BCUT2D eigenvalue weighted by Crippen LogP contribution is 2.32. The molecule has 0 spiro atoms. The SMILES string of the molecule is COc1ccc2c(c1)CC[C@H]1NC(=O)CC(C)(C)NCCOC(=O)CNC(=O)c3ccccc3-c3ccc(cc3)CN2C1=O. The third-order valence-electron chi connectivity index (χ3n) is 7.92. The molecule has 0 saturated heterocycles. The molecule has 0 radical (unpaired) electrons. The summed E-state index contributed by atoms with van der Waals surface area (Å²) < 4.78 is 10.7. The fourth-order valence-electron chi connectivity index (χ4n) is 5.65. The number of rotatable bonds is 1. The molecule has 3 aromatic carbocycles. The van der Waals surface area contributed by atoms with E-state index in [1.807, 2.05) is 68.4 Å². The zero-order valence-electron chi connectivity index (χ0n) is 25.3. The molecule has 3 aromatic rings. The van der Waals surface area contributed by atoms with Crippen LogP contribution in [0.25, 0.3) is 11.1 Å². The summed E-state index contributed by atoms with van der Waals surface area (Å²) in [5.41, 5.74) is 3.96. The highest BCUT2D eigenvalue weighted by atomic mass is 16.5. The van der Waals surface area contributed by atoms with Crippen LogP contribution in [0.1, 0.15) is 48.2 Å². The van der Waals surface area contributed by atoms with Gasteiger partial charge in [0.05, 0.1) is 13.7 Å². The minimum absolute atomic E-state index is 0.0699. The maximum Gasteiger partial charge on any atom is 0.325 e. The largest absolute Gasteiger partial charge is 0.497 e. The van der Waals surface area contributed by atoms with Crippen molar-refractivity contribution in [1.82, 2.24) is 16.0 Å². The normalized spacial score (nSPS) is 19.6. The minimum Gasteiger partial charge on any atom is -0.497 e. The maximum absolute atomic E-state index is 14.0. The molecule has 1 atom stereocenters. The van der Waals surface area contributed by atoms with Crippen LogP contribution < -0.4 is 25.6 Å². The first-order valence-electron chi connectivity index (χ1n) is 14.8. The summed E-state index contributed by atoms with van der Waals surface area (Å²) in [7, 11) is 1.61. The van der Waals surface area contributed by atoms with Gasteiger partial charge >= 0.3 is 5.97 Å². The Morgan fingerprint density at radius 2 is 1.70 bits per heavy atom. The number of nitrogens with one attached hydrogen (secondary N) is 3. The van der Waals surface area contributed by atoms with E-state index in [1.165, 1.54) is 0 Å². The molecule has 10 heteroatoms. The van der Waals surface area contributed by atoms with E-state index >= 15 is 0 Å². The maximum atomic E-state index is 14.0. The summed E-state index contributed by atoms with van der Waals surface area (Å²) in [6, 6.07) is 19.8. The molecule has 3 heterocycles. The number of methoxy groups -OCH3 is 1. The van der Waals surface area contributed by atoms with Crippen LogP contribution in [0.15, 0.2) is 66.7 Å². The number of esters is 1. The van der Waals surface area contributed by atoms with Crippen molar-refractivity contribution in [3.63, 3.8) is 0 Å². The van der Waals surface area contributed by atoms with Crippen molar-refractivity contribution < 1.29 is 28.7 Å². The molecule has 3 amide bonds. The molecule has 0 fully saturated rings. The lowest BCUT2D eigenvalue weighted by molar-refractivity contribution is -0.142. The fourth-order valence-corrected chi connectivity index (χ4v) is 5.65. The van der Waals surface area contributed by atoms with Crippen LogP contribution in [0.5, 0.6) is 5.75 Å². The van der Waals surface area contributed by atoms with Crippen LogP contribution in [-0.4, -0.2) is 62.1 Å². The van der Waals surface area contributed by atoms with Crippen LogP contribution in [0, 0.1) is 0 Å². The molecule has 230 valence electrons. The highest BCUT2D eigenvalue weighted by molar-refractivity contribution is 6.02. The molecule has 3 aliphatic rings. The van der Waals surface area contributed by atoms with Crippen molar-refractivity contribution in [2.75, 3.05) is 31.7 Å². The number of nitrogens with zero attached hydrogens (tertiary/aromatic N) is 1. The Labute approximate surface area is 257 Å². The molecule has 44 heavy (non-hydrogen) atoms. The first kappa shape index (κ1) is 30.7. The van der Waals surface area contributed by atoms with E-state index < -0.39 is 17.6 Å². The second kappa shape index (κ2) is 13.3. The number of carbonyl (C=O) groups excluding carboxylic acids is 4. The predicted octanol–water partition coefficient (Wildman–Crippen LogP) is 3.37. The number of ether oxygens (including phenoxy) is 2. The second-order valence-electron chi connectivity index (χ2n) is 11.7. The van der Waals surface area contributed by atoms with Gasteiger partial charge in [0.25, 0.3) is 5.91 Å². The Bertz CT molecular complexity index is 1550. The number of amides is 3. The Morgan fingerprint density at radius 1 is 0.955 bits per heavy atom. The Morgan fingerprint density at radius 3 is 2.45 bits per heavy atom. The molecule has 4 bridgehead atoms. The van der Waals surface area contributed by atoms with Gasteiger partial charge in [-0.3, -0.25) is 19.2 Å². The third kappa shape index (κ3) is 7.26. The number of hydrogen-bond donors (Lipinski definition) is 3. The molecule has 0 saturated carbocycles. The van der Waals surface area contributed by atoms with E-state index in [-0.39, 0.29) is 37.3 Å². The molecule has 0 aliphatic carbocycles. The Balaban J connectivity index is 1.50. The smallest absolute Gasteiger partial charge is 0.325 e. The lowest BCUT2D eigenvalue weighted by Crippen LogP contribution is -2.51. The van der Waals surface area contributed by atoms with E-state index in [2.05, 4.69) is 16.0 Å². The second-order valence-corrected chi connectivity index (χ2v) is 11.7. The van der Waals surface area contributed by atoms with Gasteiger partial charge in [-0.15, -0.1) is 0 Å². The summed E-state index contributed by atoms with van der Waals surface area (Å²) in [5.74, 6) is -0.687. The number of anilines is 1. The molecule has 3 aliphatic heterocycles. The van der Waals surface area contributed by atoms with Gasteiger partial charge in [0.1, 0.15) is 24.9 Å². The van der Waals surface area contributed by atoms with Gasteiger partial charge in [-0.25, -0.2) is 0 Å². The van der Waals surface area contributed by atoms with Crippen LogP contribution in [0.3, 0.4) is 0 Å². The summed E-state index contributed by atoms with van der Waals surface area (Å²) in [4.78, 5) is 54.3. The van der Waals surface area contributed by atoms with Crippen LogP contribution in [0.2, 0.25) is 0 Å². The predicted molar refractivity (Wildman–Crippen MR) is 166 cm³/mol. The zero-order valence-corrected chi connectivity index (χ0v) is 25.3. The van der Waals surface area contributed by atoms with Gasteiger partial charge in [-0.1, -0.05) is 42.5 Å². The van der Waals surface area contributed by atoms with Crippen LogP contribution >= 0.6 is 0 Å². The van der Waals surface area contributed by atoms with Gasteiger partial charge in [-0.05, 0) is 73.2 Å². The summed E-state index contributed by atoms with van der Waals surface area (Å²) >= 11 is 0. The topological polar surface area (TPSA) is 126 Å². The fraction of sp³-hybridized carbons (Fsp3) is 0.353. The molecule has 6 rings (SSSR count). The lowest BCUT2D eigenvalue weighted by atomic mass is 9.98. The average molecular weight is 599 g/mol. The molecule has 3 N–H and O–H groups in total. The molecular weight excluding hydrogens is 560 g/mol. The number of benzene rings is 3. The van der Waals surface area contributed by atoms with Crippen molar-refractivity contribution in [2.45, 2.75) is 51.2 Å². The lowest BCUT2D eigenvalue weighted by Gasteiger charge is -2.29. The third-order valence-corrected chi connectivity index (χ3v) is 7.92. The summed E-state index contributed by atoms with van der Waals surface area (Å²) in [5, 5.41) is 8.87. The van der Waals surface area contributed by atoms with E-state index in [0.717, 1.165) is 22.4 Å². The first-order valence-corrected chi connectivity index (χ1v) is 14.8. The van der Waals surface area contributed by atoms with E-state index in [0.29, 0.717) is 42.8 Å². The number of aryl methyl sites for hydroxylation is 1. The van der Waals surface area contributed by atoms with Gasteiger partial charge in [0.2, 0.25) is 11.8 Å². The van der Waals surface area contributed by atoms with Crippen LogP contribution in [0.4, 0.5) is 5.69 Å². The summed E-state index contributed by atoms with van der Waals surface area (Å²) in [6.07, 6.45) is 1.15. The van der Waals surface area contributed by atoms with Gasteiger partial charge in [-0.2, -0.15) is 0 Å². The highest BCUT2D eigenvalue weighted by Gasteiger charge is 2.33. The number of carbonyl (C=O) groups is 4. The zero-order chi connectivity index (χ0) is 31.3. The molecule has 0 aromatic heterocycles. The first-order chi connectivity index (χ1) is 21.1. The quantitative estimate of drug-likeness (QED) is 0.290. The summed E-state index contributed by atoms with van der Waals surface area (Å²) in [6.45, 7) is 4.15. The van der Waals surface area contributed by atoms with Crippen molar-refractivity contribution in [3.05, 3.63) is 83.4 Å². The monoisotopic (exact) mass is 598 g/mol. The van der Waals surface area contributed by atoms with E-state index in [9.17, 15) is 19.2 Å². The average Bonchev–Trinajstić information content (AvgIpc) is 3.13. The van der Waals surface area contributed by atoms with E-state index in [4.69, 9.17) is 9.47 Å². The van der Waals surface area contributed by atoms with Crippen molar-refractivity contribution >= 4 is 29.4 Å². The van der Waals surface area contributed by atoms with Gasteiger partial charge in [0, 0.05) is 29.8 Å². The van der Waals surface area contributed by atoms with Crippen molar-refractivity contribution in [3.8, 4) is 16.9 Å². The number of fused-ring (bicyclic) bond motifs is 14. The van der Waals surface area contributed by atoms with Crippen LogP contribution in [-0.2, 0) is 32.1 Å². The molecular formula is C34H38N4O6. The van der Waals surface area contributed by atoms with E-state index in [1.54, 1.807) is 24.1 Å². The Kier molecular flexibility index (Phi) is 9.29. The standard InChI is InChI=1S/C34H38N4O6/c1-34(2)19-30(39)37-28-14-12-24-18-25(43-3)13-15-29(24)38(33(28)42)21-22-8-10-23(11-9-22)26-6-4-5-7-27(26)32(41)35-20-31(40)44-17-16-36-34/h4-11,13,15,18,28,36H,12,14,16-17,19-21H2,1-3H3,(H,35,41)(H,37,39)/t28-/m1/s1. The number of hydrogen-bond acceptors (Lipinski definition) is 7. The van der Waals surface area contributed by atoms with Crippen molar-refractivity contribution in [2.24, 2.45) is 0 Å². The molecule has 0 unspecified atom stereocenters.